The predicted octanol–water partition coefficient (Wildman–Crippen LogP) is 0.289. The van der Waals surface area contributed by atoms with Crippen LogP contribution in [-0.4, -0.2) is 55.4 Å². The molecule has 7 nitrogen and oxygen atoms in total. The van der Waals surface area contributed by atoms with E-state index in [0.29, 0.717) is 5.56 Å². The maximum Gasteiger partial charge on any atom is 0.331 e. The molecule has 4 atom stereocenters. The molecule has 1 saturated carbocycles. The highest BCUT2D eigenvalue weighted by atomic mass is 16.6. The molecule has 0 radical (unpaired) electrons. The van der Waals surface area contributed by atoms with E-state index in [4.69, 9.17) is 4.74 Å². The first-order chi connectivity index (χ1) is 10.7. The summed E-state index contributed by atoms with van der Waals surface area (Å²) in [6.45, 7) is 1.50. The molecule has 0 amide bonds. The number of ether oxygens (including phenoxy) is 1. The Balaban J connectivity index is 2.00. The van der Waals surface area contributed by atoms with Crippen LogP contribution in [-0.2, 0) is 9.53 Å². The van der Waals surface area contributed by atoms with Gasteiger partial charge < -0.3 is 30.3 Å². The largest absolute Gasteiger partial charge is 0.504 e. The van der Waals surface area contributed by atoms with Crippen molar-refractivity contribution in [2.45, 2.75) is 43.7 Å². The minimum Gasteiger partial charge on any atom is -0.504 e. The lowest BCUT2D eigenvalue weighted by Crippen LogP contribution is -2.52. The van der Waals surface area contributed by atoms with Gasteiger partial charge >= 0.3 is 5.97 Å². The fourth-order valence-corrected chi connectivity index (χ4v) is 2.56. The van der Waals surface area contributed by atoms with Crippen LogP contribution in [0.1, 0.15) is 25.3 Å². The van der Waals surface area contributed by atoms with Gasteiger partial charge in [-0.1, -0.05) is 6.07 Å². The van der Waals surface area contributed by atoms with Gasteiger partial charge in [-0.15, -0.1) is 0 Å². The molecule has 1 aliphatic carbocycles. The Bertz CT molecular complexity index is 608. The van der Waals surface area contributed by atoms with Crippen molar-refractivity contribution in [2.24, 2.45) is 0 Å². The van der Waals surface area contributed by atoms with Crippen LogP contribution in [0.25, 0.3) is 6.08 Å². The molecule has 126 valence electrons. The van der Waals surface area contributed by atoms with Gasteiger partial charge in [0.05, 0.1) is 11.7 Å². The molecule has 5 N–H and O–H groups in total. The van der Waals surface area contributed by atoms with Gasteiger partial charge in [-0.2, -0.15) is 0 Å². The van der Waals surface area contributed by atoms with E-state index in [1.165, 1.54) is 31.2 Å². The maximum atomic E-state index is 11.8. The molecule has 0 aliphatic heterocycles. The van der Waals surface area contributed by atoms with Crippen molar-refractivity contribution in [3.63, 3.8) is 0 Å². The molecule has 1 aliphatic rings. The Morgan fingerprint density at radius 1 is 1.26 bits per heavy atom. The number of aliphatic hydroxyl groups is 3. The van der Waals surface area contributed by atoms with E-state index in [1.54, 1.807) is 0 Å². The number of carbonyl (C=O) groups is 1. The van der Waals surface area contributed by atoms with Gasteiger partial charge in [0, 0.05) is 18.9 Å². The van der Waals surface area contributed by atoms with Gasteiger partial charge in [-0.3, -0.25) is 0 Å². The van der Waals surface area contributed by atoms with E-state index in [-0.39, 0.29) is 24.3 Å². The summed E-state index contributed by atoms with van der Waals surface area (Å²) in [5.74, 6) is -1.35. The molecule has 1 aromatic carbocycles. The summed E-state index contributed by atoms with van der Waals surface area (Å²) in [6, 6.07) is 4.03. The Hall–Kier alpha value is -2.09. The topological polar surface area (TPSA) is 127 Å². The lowest BCUT2D eigenvalue weighted by atomic mass is 9.81. The summed E-state index contributed by atoms with van der Waals surface area (Å²) >= 11 is 0. The van der Waals surface area contributed by atoms with Gasteiger partial charge in [0.25, 0.3) is 0 Å². The molecule has 0 saturated heterocycles. The number of hydrogen-bond donors (Lipinski definition) is 5. The normalized spacial score (nSPS) is 31.2. The second-order valence-electron chi connectivity index (χ2n) is 6.02. The number of benzene rings is 1. The first-order valence-corrected chi connectivity index (χ1v) is 7.17. The van der Waals surface area contributed by atoms with Crippen molar-refractivity contribution in [1.29, 1.82) is 0 Å². The molecular weight excluding hydrogens is 304 g/mol. The summed E-state index contributed by atoms with van der Waals surface area (Å²) in [4.78, 5) is 11.8. The molecule has 1 aromatic rings. The predicted molar refractivity (Wildman–Crippen MR) is 80.6 cm³/mol. The zero-order valence-electron chi connectivity index (χ0n) is 12.6. The quantitative estimate of drug-likeness (QED) is 0.307. The van der Waals surface area contributed by atoms with Gasteiger partial charge in [-0.05, 0) is 30.7 Å². The summed E-state index contributed by atoms with van der Waals surface area (Å²) in [7, 11) is 0. The van der Waals surface area contributed by atoms with Gasteiger partial charge in [-0.25, -0.2) is 4.79 Å². The lowest BCUT2D eigenvalue weighted by Gasteiger charge is -2.39. The maximum absolute atomic E-state index is 11.8. The van der Waals surface area contributed by atoms with E-state index in [9.17, 15) is 30.3 Å². The van der Waals surface area contributed by atoms with E-state index < -0.39 is 29.9 Å². The average Bonchev–Trinajstić information content (AvgIpc) is 2.45. The van der Waals surface area contributed by atoms with Gasteiger partial charge in [0.15, 0.2) is 11.5 Å². The Morgan fingerprint density at radius 2 is 1.96 bits per heavy atom. The number of esters is 1. The highest BCUT2D eigenvalue weighted by Gasteiger charge is 2.43. The molecule has 2 rings (SSSR count). The Morgan fingerprint density at radius 3 is 2.61 bits per heavy atom. The third-order valence-corrected chi connectivity index (χ3v) is 3.74. The number of phenols is 2. The summed E-state index contributed by atoms with van der Waals surface area (Å²) in [5, 5.41) is 48.1. The minimum atomic E-state index is -1.26. The van der Waals surface area contributed by atoms with Crippen LogP contribution in [0, 0.1) is 0 Å². The highest BCUT2D eigenvalue weighted by Crippen LogP contribution is 2.30. The number of aliphatic hydroxyl groups excluding tert-OH is 2. The number of hydrogen-bond acceptors (Lipinski definition) is 7. The second kappa shape index (κ2) is 6.57. The van der Waals surface area contributed by atoms with Crippen molar-refractivity contribution >= 4 is 12.0 Å². The Labute approximate surface area is 133 Å². The average molecular weight is 324 g/mol. The van der Waals surface area contributed by atoms with Crippen molar-refractivity contribution in [1.82, 2.24) is 0 Å². The molecule has 7 heteroatoms. The molecule has 0 unspecified atom stereocenters. The van der Waals surface area contributed by atoms with E-state index >= 15 is 0 Å². The van der Waals surface area contributed by atoms with Crippen molar-refractivity contribution < 1.29 is 35.1 Å². The second-order valence-corrected chi connectivity index (χ2v) is 6.02. The van der Waals surface area contributed by atoms with Crippen LogP contribution in [0.2, 0.25) is 0 Å². The standard InChI is InChI=1S/C16H20O7/c1-16(22)7-12(19)15(21)13(8-16)23-14(20)5-3-9-2-4-10(17)11(18)6-9/h2-6,12-13,15,17-19,21-22H,7-8H2,1H3/t12-,13-,15-,16+/m1/s1. The van der Waals surface area contributed by atoms with Crippen LogP contribution < -0.4 is 0 Å². The smallest absolute Gasteiger partial charge is 0.331 e. The third kappa shape index (κ3) is 4.44. The van der Waals surface area contributed by atoms with Gasteiger partial charge in [0.1, 0.15) is 12.2 Å². The van der Waals surface area contributed by atoms with Crippen molar-refractivity contribution in [3.05, 3.63) is 29.8 Å². The summed E-state index contributed by atoms with van der Waals surface area (Å²) < 4.78 is 5.08. The van der Waals surface area contributed by atoms with Crippen molar-refractivity contribution in [2.75, 3.05) is 0 Å². The van der Waals surface area contributed by atoms with Crippen LogP contribution >= 0.6 is 0 Å². The Kier molecular flexibility index (Phi) is 4.93. The lowest BCUT2D eigenvalue weighted by molar-refractivity contribution is -0.178. The highest BCUT2D eigenvalue weighted by molar-refractivity contribution is 5.87. The van der Waals surface area contributed by atoms with E-state index in [2.05, 4.69) is 0 Å². The first-order valence-electron chi connectivity index (χ1n) is 7.17. The molecule has 23 heavy (non-hydrogen) atoms. The number of carbonyl (C=O) groups excluding carboxylic acids is 1. The molecule has 0 spiro atoms. The zero-order chi connectivity index (χ0) is 17.2. The van der Waals surface area contributed by atoms with Crippen LogP contribution in [0.15, 0.2) is 24.3 Å². The SMILES string of the molecule is C[C@]1(O)C[C@@H](O)[C@@H](O)[C@H](OC(=O)C=Cc2ccc(O)c(O)c2)C1. The number of rotatable bonds is 3. The fraction of sp³-hybridized carbons (Fsp3) is 0.438. The van der Waals surface area contributed by atoms with Crippen LogP contribution in [0.3, 0.4) is 0 Å². The first kappa shape index (κ1) is 17.3. The zero-order valence-corrected chi connectivity index (χ0v) is 12.6. The molecule has 0 heterocycles. The molecular formula is C16H20O7. The summed E-state index contributed by atoms with van der Waals surface area (Å²) in [5.41, 5.74) is -0.760. The minimum absolute atomic E-state index is 0.00480. The monoisotopic (exact) mass is 324 g/mol. The van der Waals surface area contributed by atoms with Crippen molar-refractivity contribution in [3.8, 4) is 11.5 Å². The fourth-order valence-electron chi connectivity index (χ4n) is 2.56. The molecule has 1 fully saturated rings. The third-order valence-electron chi connectivity index (χ3n) is 3.74. The van der Waals surface area contributed by atoms with Gasteiger partial charge in [0.2, 0.25) is 0 Å². The van der Waals surface area contributed by atoms with E-state index in [1.807, 2.05) is 0 Å². The van der Waals surface area contributed by atoms with Crippen LogP contribution in [0.5, 0.6) is 11.5 Å². The molecule has 0 bridgehead atoms. The summed E-state index contributed by atoms with van der Waals surface area (Å²) in [6.07, 6.45) is -0.964. The number of phenolic OH excluding ortho intramolecular Hbond substituents is 2. The van der Waals surface area contributed by atoms with E-state index in [0.717, 1.165) is 6.08 Å². The number of aromatic hydroxyl groups is 2. The van der Waals surface area contributed by atoms with Crippen LogP contribution in [0.4, 0.5) is 0 Å². The molecule has 0 aromatic heterocycles.